The molecule has 0 atom stereocenters. The summed E-state index contributed by atoms with van der Waals surface area (Å²) in [5.74, 6) is 5.43. The monoisotopic (exact) mass is 259 g/mol. The molecule has 0 aliphatic heterocycles. The fourth-order valence-electron chi connectivity index (χ4n) is 4.93. The normalized spacial score (nSPS) is 39.5. The molecule has 0 spiro atoms. The maximum absolute atomic E-state index is 5.86. The summed E-state index contributed by atoms with van der Waals surface area (Å²) in [5.41, 5.74) is 5.78. The second-order valence-corrected chi connectivity index (χ2v) is 6.65. The van der Waals surface area contributed by atoms with E-state index in [1.807, 2.05) is 0 Å². The van der Waals surface area contributed by atoms with Crippen LogP contribution in [0.4, 0.5) is 5.82 Å². The summed E-state index contributed by atoms with van der Waals surface area (Å²) >= 11 is 0. The van der Waals surface area contributed by atoms with E-state index in [1.54, 1.807) is 12.4 Å². The van der Waals surface area contributed by atoms with Gasteiger partial charge in [-0.25, -0.2) is 9.97 Å². The zero-order chi connectivity index (χ0) is 12.8. The maximum atomic E-state index is 5.86. The van der Waals surface area contributed by atoms with Gasteiger partial charge in [-0.3, -0.25) is 0 Å². The Bertz CT molecular complexity index is 448. The van der Waals surface area contributed by atoms with Crippen molar-refractivity contribution in [2.75, 3.05) is 12.3 Å². The number of rotatable bonds is 3. The third-order valence-electron chi connectivity index (χ3n) is 5.53. The molecule has 4 fully saturated rings. The lowest BCUT2D eigenvalue weighted by molar-refractivity contribution is -0.0533. The Hall–Kier alpha value is -1.32. The molecular weight excluding hydrogens is 238 g/mol. The van der Waals surface area contributed by atoms with Gasteiger partial charge in [0.1, 0.15) is 0 Å². The van der Waals surface area contributed by atoms with Crippen molar-refractivity contribution in [2.24, 2.45) is 29.6 Å². The number of anilines is 1. The zero-order valence-corrected chi connectivity index (χ0v) is 11.2. The number of nitrogens with two attached hydrogens (primary N) is 1. The van der Waals surface area contributed by atoms with Crippen molar-refractivity contribution < 1.29 is 4.74 Å². The highest BCUT2D eigenvalue weighted by Gasteiger charge is 2.48. The van der Waals surface area contributed by atoms with Gasteiger partial charge in [0, 0.05) is 12.4 Å². The Labute approximate surface area is 113 Å². The SMILES string of the molecule is Nc1nccnc1OCC1C2CC3CC(C2)CC1C3. The molecular formula is C15H21N3O. The first-order valence-corrected chi connectivity index (χ1v) is 7.49. The van der Waals surface area contributed by atoms with Crippen LogP contribution in [-0.2, 0) is 0 Å². The fraction of sp³-hybridized carbons (Fsp3) is 0.733. The summed E-state index contributed by atoms with van der Waals surface area (Å²) in [5, 5.41) is 0. The highest BCUT2D eigenvalue weighted by atomic mass is 16.5. The maximum Gasteiger partial charge on any atom is 0.257 e. The molecule has 4 aliphatic rings. The molecule has 0 amide bonds. The predicted octanol–water partition coefficient (Wildman–Crippen LogP) is 2.51. The molecule has 0 radical (unpaired) electrons. The Morgan fingerprint density at radius 3 is 2.26 bits per heavy atom. The Morgan fingerprint density at radius 2 is 1.63 bits per heavy atom. The molecule has 1 heterocycles. The Balaban J connectivity index is 1.45. The lowest BCUT2D eigenvalue weighted by atomic mass is 9.52. The van der Waals surface area contributed by atoms with Crippen LogP contribution in [0, 0.1) is 29.6 Å². The largest absolute Gasteiger partial charge is 0.475 e. The number of hydrogen-bond acceptors (Lipinski definition) is 4. The van der Waals surface area contributed by atoms with Crippen molar-refractivity contribution in [3.63, 3.8) is 0 Å². The van der Waals surface area contributed by atoms with Gasteiger partial charge < -0.3 is 10.5 Å². The molecule has 1 aromatic rings. The van der Waals surface area contributed by atoms with Gasteiger partial charge in [0.15, 0.2) is 5.82 Å². The van der Waals surface area contributed by atoms with Gasteiger partial charge in [0.25, 0.3) is 5.88 Å². The number of nitrogens with zero attached hydrogens (tertiary/aromatic N) is 2. The van der Waals surface area contributed by atoms with Gasteiger partial charge in [-0.05, 0) is 61.7 Å². The van der Waals surface area contributed by atoms with Crippen LogP contribution < -0.4 is 10.5 Å². The smallest absolute Gasteiger partial charge is 0.257 e. The van der Waals surface area contributed by atoms with Crippen LogP contribution in [0.5, 0.6) is 5.88 Å². The standard InChI is InChI=1S/C15H21N3O/c16-14-15(18-2-1-17-14)19-8-13-11-4-9-3-10(6-11)7-12(13)5-9/h1-2,9-13H,3-8H2,(H2,16,17). The summed E-state index contributed by atoms with van der Waals surface area (Å²) in [4.78, 5) is 8.20. The first kappa shape index (κ1) is 11.5. The van der Waals surface area contributed by atoms with E-state index in [9.17, 15) is 0 Å². The quantitative estimate of drug-likeness (QED) is 0.906. The third-order valence-corrected chi connectivity index (χ3v) is 5.53. The first-order valence-electron chi connectivity index (χ1n) is 7.49. The van der Waals surface area contributed by atoms with Crippen LogP contribution in [0.15, 0.2) is 12.4 Å². The Kier molecular flexibility index (Phi) is 2.64. The van der Waals surface area contributed by atoms with Crippen molar-refractivity contribution in [2.45, 2.75) is 32.1 Å². The predicted molar refractivity (Wildman–Crippen MR) is 72.5 cm³/mol. The summed E-state index contributed by atoms with van der Waals surface area (Å²) in [6, 6.07) is 0. The summed E-state index contributed by atoms with van der Waals surface area (Å²) in [6.45, 7) is 0.775. The van der Waals surface area contributed by atoms with E-state index in [-0.39, 0.29) is 0 Å². The van der Waals surface area contributed by atoms with Crippen LogP contribution in [0.25, 0.3) is 0 Å². The first-order chi connectivity index (χ1) is 9.29. The second-order valence-electron chi connectivity index (χ2n) is 6.65. The molecule has 1 aromatic heterocycles. The van der Waals surface area contributed by atoms with E-state index in [0.717, 1.165) is 30.3 Å². The highest BCUT2D eigenvalue weighted by Crippen LogP contribution is 2.56. The molecule has 4 aliphatic carbocycles. The molecule has 5 rings (SSSR count). The van der Waals surface area contributed by atoms with E-state index in [0.29, 0.717) is 17.6 Å². The second kappa shape index (κ2) is 4.36. The van der Waals surface area contributed by atoms with Crippen molar-refractivity contribution in [3.05, 3.63) is 12.4 Å². The van der Waals surface area contributed by atoms with Crippen LogP contribution in [0.1, 0.15) is 32.1 Å². The molecule has 102 valence electrons. The van der Waals surface area contributed by atoms with Gasteiger partial charge in [-0.15, -0.1) is 0 Å². The third kappa shape index (κ3) is 1.97. The summed E-state index contributed by atoms with van der Waals surface area (Å²) in [6.07, 6.45) is 10.5. The average molecular weight is 259 g/mol. The van der Waals surface area contributed by atoms with Crippen molar-refractivity contribution in [1.82, 2.24) is 9.97 Å². The van der Waals surface area contributed by atoms with Gasteiger partial charge in [-0.2, -0.15) is 0 Å². The van der Waals surface area contributed by atoms with Crippen LogP contribution in [-0.4, -0.2) is 16.6 Å². The number of nitrogen functional groups attached to an aromatic ring is 1. The molecule has 4 bridgehead atoms. The number of ether oxygens (including phenoxy) is 1. The van der Waals surface area contributed by atoms with Gasteiger partial charge in [0.2, 0.25) is 0 Å². The minimum atomic E-state index is 0.409. The van der Waals surface area contributed by atoms with Crippen molar-refractivity contribution in [1.29, 1.82) is 0 Å². The van der Waals surface area contributed by atoms with Crippen molar-refractivity contribution >= 4 is 5.82 Å². The molecule has 4 nitrogen and oxygen atoms in total. The van der Waals surface area contributed by atoms with Gasteiger partial charge in [-0.1, -0.05) is 0 Å². The molecule has 2 N–H and O–H groups in total. The molecule has 0 saturated heterocycles. The van der Waals surface area contributed by atoms with E-state index in [2.05, 4.69) is 9.97 Å². The lowest BCUT2D eigenvalue weighted by Gasteiger charge is -2.54. The van der Waals surface area contributed by atoms with Gasteiger partial charge in [0.05, 0.1) is 6.61 Å². The van der Waals surface area contributed by atoms with E-state index >= 15 is 0 Å². The number of hydrogen-bond donors (Lipinski definition) is 1. The molecule has 0 unspecified atom stereocenters. The zero-order valence-electron chi connectivity index (χ0n) is 11.2. The van der Waals surface area contributed by atoms with E-state index in [4.69, 9.17) is 10.5 Å². The van der Waals surface area contributed by atoms with Gasteiger partial charge >= 0.3 is 0 Å². The topological polar surface area (TPSA) is 61.0 Å². The number of aromatic nitrogens is 2. The minimum absolute atomic E-state index is 0.409. The molecule has 4 heteroatoms. The molecule has 4 saturated carbocycles. The van der Waals surface area contributed by atoms with E-state index in [1.165, 1.54) is 32.1 Å². The average Bonchev–Trinajstić information content (AvgIpc) is 2.39. The highest BCUT2D eigenvalue weighted by molar-refractivity contribution is 5.38. The summed E-state index contributed by atoms with van der Waals surface area (Å²) in [7, 11) is 0. The van der Waals surface area contributed by atoms with E-state index < -0.39 is 0 Å². The fourth-order valence-corrected chi connectivity index (χ4v) is 4.93. The van der Waals surface area contributed by atoms with Crippen LogP contribution >= 0.6 is 0 Å². The molecule has 0 aromatic carbocycles. The lowest BCUT2D eigenvalue weighted by Crippen LogP contribution is -2.47. The minimum Gasteiger partial charge on any atom is -0.475 e. The van der Waals surface area contributed by atoms with Crippen molar-refractivity contribution in [3.8, 4) is 5.88 Å². The Morgan fingerprint density at radius 1 is 1.00 bits per heavy atom. The summed E-state index contributed by atoms with van der Waals surface area (Å²) < 4.78 is 5.86. The van der Waals surface area contributed by atoms with Crippen LogP contribution in [0.3, 0.4) is 0 Å². The van der Waals surface area contributed by atoms with Crippen LogP contribution in [0.2, 0.25) is 0 Å². The molecule has 19 heavy (non-hydrogen) atoms.